The minimum Gasteiger partial charge on any atom is -0.265 e. The maximum absolute atomic E-state index is 11.0. The predicted molar refractivity (Wildman–Crippen MR) is 42.0 cm³/mol. The van der Waals surface area contributed by atoms with Gasteiger partial charge < -0.3 is 0 Å². The van der Waals surface area contributed by atoms with Gasteiger partial charge in [-0.05, 0) is 18.8 Å². The number of nitrogens with zero attached hydrogens (tertiary/aromatic N) is 2. The lowest BCUT2D eigenvalue weighted by Gasteiger charge is -2.09. The quantitative estimate of drug-likeness (QED) is 0.611. The van der Waals surface area contributed by atoms with Crippen LogP contribution in [-0.4, -0.2) is 5.91 Å². The molecule has 0 bridgehead atoms. The van der Waals surface area contributed by atoms with Crippen molar-refractivity contribution in [1.29, 1.82) is 0 Å². The standard InChI is InChI=1S/C8H12N2O/c1-3-6(4-2)7-5-9-10-8(7)11/h5-6H,3-4H2,1-2H3. The first-order valence-electron chi connectivity index (χ1n) is 3.94. The zero-order valence-electron chi connectivity index (χ0n) is 6.87. The molecular weight excluding hydrogens is 140 g/mol. The van der Waals surface area contributed by atoms with E-state index in [-0.39, 0.29) is 5.91 Å². The summed E-state index contributed by atoms with van der Waals surface area (Å²) in [7, 11) is 0. The molecule has 0 radical (unpaired) electrons. The van der Waals surface area contributed by atoms with Crippen molar-refractivity contribution in [2.24, 2.45) is 16.1 Å². The molecule has 1 aliphatic heterocycles. The third kappa shape index (κ3) is 1.53. The Bertz CT molecular complexity index is 214. The largest absolute Gasteiger partial charge is 0.293 e. The molecule has 0 aromatic carbocycles. The fourth-order valence-electron chi connectivity index (χ4n) is 1.26. The van der Waals surface area contributed by atoms with Crippen molar-refractivity contribution in [3.05, 3.63) is 11.8 Å². The van der Waals surface area contributed by atoms with Gasteiger partial charge in [-0.3, -0.25) is 4.79 Å². The molecule has 0 unspecified atom stereocenters. The molecule has 0 atom stereocenters. The van der Waals surface area contributed by atoms with Crippen LogP contribution >= 0.6 is 0 Å². The monoisotopic (exact) mass is 152 g/mol. The van der Waals surface area contributed by atoms with Gasteiger partial charge in [-0.1, -0.05) is 13.8 Å². The second kappa shape index (κ2) is 3.42. The Hall–Kier alpha value is -0.990. The summed E-state index contributed by atoms with van der Waals surface area (Å²) in [5.74, 6) is 0.191. The minimum absolute atomic E-state index is 0.154. The van der Waals surface area contributed by atoms with Gasteiger partial charge in [0, 0.05) is 5.57 Å². The lowest BCUT2D eigenvalue weighted by Crippen LogP contribution is -2.07. The van der Waals surface area contributed by atoms with E-state index in [1.165, 1.54) is 0 Å². The van der Waals surface area contributed by atoms with E-state index in [1.54, 1.807) is 6.20 Å². The Morgan fingerprint density at radius 2 is 2.09 bits per heavy atom. The first-order valence-corrected chi connectivity index (χ1v) is 3.94. The molecule has 0 aliphatic carbocycles. The molecule has 0 aromatic rings. The summed E-state index contributed by atoms with van der Waals surface area (Å²) in [6.07, 6.45) is 3.55. The second-order valence-electron chi connectivity index (χ2n) is 2.62. The minimum atomic E-state index is -0.154. The number of carbonyl (C=O) groups is 1. The number of hydrogen-bond donors (Lipinski definition) is 0. The molecule has 0 saturated heterocycles. The van der Waals surface area contributed by atoms with Gasteiger partial charge in [-0.15, -0.1) is 5.11 Å². The molecule has 1 rings (SSSR count). The van der Waals surface area contributed by atoms with Crippen molar-refractivity contribution in [3.8, 4) is 0 Å². The fraction of sp³-hybridized carbons (Fsp3) is 0.625. The predicted octanol–water partition coefficient (Wildman–Crippen LogP) is 2.30. The first-order chi connectivity index (χ1) is 5.29. The molecule has 60 valence electrons. The number of carbonyl (C=O) groups excluding carboxylic acids is 1. The molecule has 1 aliphatic rings. The van der Waals surface area contributed by atoms with Crippen LogP contribution in [0.3, 0.4) is 0 Å². The van der Waals surface area contributed by atoms with Crippen molar-refractivity contribution >= 4 is 5.91 Å². The summed E-state index contributed by atoms with van der Waals surface area (Å²) in [5, 5.41) is 7.00. The summed E-state index contributed by atoms with van der Waals surface area (Å²) in [6.45, 7) is 4.14. The van der Waals surface area contributed by atoms with E-state index >= 15 is 0 Å². The van der Waals surface area contributed by atoms with E-state index in [9.17, 15) is 4.79 Å². The summed E-state index contributed by atoms with van der Waals surface area (Å²) >= 11 is 0. The van der Waals surface area contributed by atoms with Crippen molar-refractivity contribution in [2.45, 2.75) is 26.7 Å². The van der Waals surface area contributed by atoms with Gasteiger partial charge in [-0.2, -0.15) is 5.11 Å². The average molecular weight is 152 g/mol. The zero-order valence-corrected chi connectivity index (χ0v) is 6.87. The maximum Gasteiger partial charge on any atom is 0.293 e. The molecular formula is C8H12N2O. The molecule has 11 heavy (non-hydrogen) atoms. The number of rotatable bonds is 3. The van der Waals surface area contributed by atoms with Crippen LogP contribution in [0.4, 0.5) is 0 Å². The molecule has 0 saturated carbocycles. The van der Waals surface area contributed by atoms with Crippen LogP contribution in [0.1, 0.15) is 26.7 Å². The average Bonchev–Trinajstić information content (AvgIpc) is 2.40. The highest BCUT2D eigenvalue weighted by molar-refractivity contribution is 5.95. The van der Waals surface area contributed by atoms with Crippen LogP contribution in [0.15, 0.2) is 22.0 Å². The van der Waals surface area contributed by atoms with Gasteiger partial charge in [0.15, 0.2) is 0 Å². The van der Waals surface area contributed by atoms with Gasteiger partial charge in [0.2, 0.25) is 0 Å². The lowest BCUT2D eigenvalue weighted by atomic mass is 9.94. The van der Waals surface area contributed by atoms with E-state index < -0.39 is 0 Å². The molecule has 0 fully saturated rings. The Balaban J connectivity index is 2.68. The van der Waals surface area contributed by atoms with Gasteiger partial charge in [0.05, 0.1) is 6.20 Å². The molecule has 0 spiro atoms. The molecule has 1 heterocycles. The van der Waals surface area contributed by atoms with E-state index in [4.69, 9.17) is 0 Å². The highest BCUT2D eigenvalue weighted by Gasteiger charge is 2.20. The van der Waals surface area contributed by atoms with Crippen molar-refractivity contribution in [3.63, 3.8) is 0 Å². The summed E-state index contributed by atoms with van der Waals surface area (Å²) in [6, 6.07) is 0. The topological polar surface area (TPSA) is 41.8 Å². The van der Waals surface area contributed by atoms with E-state index in [0.717, 1.165) is 18.4 Å². The lowest BCUT2D eigenvalue weighted by molar-refractivity contribution is -0.114. The van der Waals surface area contributed by atoms with Crippen LogP contribution in [0.25, 0.3) is 0 Å². The van der Waals surface area contributed by atoms with Crippen LogP contribution in [0.2, 0.25) is 0 Å². The third-order valence-corrected chi connectivity index (χ3v) is 2.02. The number of amides is 1. The van der Waals surface area contributed by atoms with E-state index in [2.05, 4.69) is 24.1 Å². The normalized spacial score (nSPS) is 16.3. The van der Waals surface area contributed by atoms with Crippen LogP contribution < -0.4 is 0 Å². The summed E-state index contributed by atoms with van der Waals surface area (Å²) in [4.78, 5) is 11.0. The van der Waals surface area contributed by atoms with E-state index in [1.807, 2.05) is 0 Å². The van der Waals surface area contributed by atoms with Gasteiger partial charge in [-0.25, -0.2) is 0 Å². The summed E-state index contributed by atoms with van der Waals surface area (Å²) in [5.41, 5.74) is 0.773. The molecule has 3 nitrogen and oxygen atoms in total. The van der Waals surface area contributed by atoms with Crippen LogP contribution in [-0.2, 0) is 4.79 Å². The third-order valence-electron chi connectivity index (χ3n) is 2.02. The van der Waals surface area contributed by atoms with Crippen molar-refractivity contribution in [2.75, 3.05) is 0 Å². The summed E-state index contributed by atoms with van der Waals surface area (Å²) < 4.78 is 0. The Morgan fingerprint density at radius 3 is 2.45 bits per heavy atom. The Morgan fingerprint density at radius 1 is 1.45 bits per heavy atom. The van der Waals surface area contributed by atoms with Crippen LogP contribution in [0.5, 0.6) is 0 Å². The molecule has 3 heteroatoms. The van der Waals surface area contributed by atoms with Crippen molar-refractivity contribution < 1.29 is 4.79 Å². The van der Waals surface area contributed by atoms with Gasteiger partial charge >= 0.3 is 0 Å². The SMILES string of the molecule is CCC(CC)C1=CN=NC1=O. The van der Waals surface area contributed by atoms with E-state index in [0.29, 0.717) is 5.92 Å². The Kier molecular flexibility index (Phi) is 2.52. The highest BCUT2D eigenvalue weighted by atomic mass is 16.2. The Labute approximate surface area is 66.2 Å². The maximum atomic E-state index is 11.0. The van der Waals surface area contributed by atoms with Gasteiger partial charge in [0.25, 0.3) is 5.91 Å². The smallest absolute Gasteiger partial charge is 0.265 e. The van der Waals surface area contributed by atoms with Gasteiger partial charge in [0.1, 0.15) is 0 Å². The molecule has 0 N–H and O–H groups in total. The van der Waals surface area contributed by atoms with Crippen molar-refractivity contribution in [1.82, 2.24) is 0 Å². The number of hydrogen-bond acceptors (Lipinski definition) is 2. The molecule has 1 amide bonds. The fourth-order valence-corrected chi connectivity index (χ4v) is 1.26. The molecule has 0 aromatic heterocycles. The van der Waals surface area contributed by atoms with Crippen LogP contribution in [0, 0.1) is 5.92 Å². The number of azo groups is 1. The second-order valence-corrected chi connectivity index (χ2v) is 2.62. The first kappa shape index (κ1) is 8.11. The highest BCUT2D eigenvalue weighted by Crippen LogP contribution is 2.23. The zero-order chi connectivity index (χ0) is 8.27.